The highest BCUT2D eigenvalue weighted by molar-refractivity contribution is 7.92. The van der Waals surface area contributed by atoms with Gasteiger partial charge in [0.15, 0.2) is 0 Å². The van der Waals surface area contributed by atoms with Crippen molar-refractivity contribution in [1.82, 2.24) is 0 Å². The lowest BCUT2D eigenvalue weighted by Gasteiger charge is -2.23. The Morgan fingerprint density at radius 1 is 1.12 bits per heavy atom. The van der Waals surface area contributed by atoms with Crippen LogP contribution in [0.5, 0.6) is 0 Å². The SMILES string of the molecule is CCc1ccc(NC(=O)CCN(c2ccccc2Cl)S(C)(=O)=O)cc1. The van der Waals surface area contributed by atoms with Crippen LogP contribution in [-0.2, 0) is 21.2 Å². The third-order valence-electron chi connectivity index (χ3n) is 3.71. The summed E-state index contributed by atoms with van der Waals surface area (Å²) in [6.07, 6.45) is 2.04. The molecule has 7 heteroatoms. The minimum Gasteiger partial charge on any atom is -0.326 e. The predicted octanol–water partition coefficient (Wildman–Crippen LogP) is 3.70. The number of hydrogen-bond acceptors (Lipinski definition) is 3. The standard InChI is InChI=1S/C18H21ClN2O3S/c1-3-14-8-10-15(11-9-14)20-18(22)12-13-21(25(2,23)24)17-7-5-4-6-16(17)19/h4-11H,3,12-13H2,1-2H3,(H,20,22). The zero-order valence-corrected chi connectivity index (χ0v) is 15.8. The van der Waals surface area contributed by atoms with Crippen LogP contribution in [0.25, 0.3) is 0 Å². The molecule has 25 heavy (non-hydrogen) atoms. The molecule has 0 aliphatic rings. The van der Waals surface area contributed by atoms with Crippen LogP contribution >= 0.6 is 11.6 Å². The summed E-state index contributed by atoms with van der Waals surface area (Å²) in [4.78, 5) is 12.1. The summed E-state index contributed by atoms with van der Waals surface area (Å²) in [5.74, 6) is -0.259. The molecule has 0 saturated carbocycles. The second-order valence-electron chi connectivity index (χ2n) is 5.64. The number of para-hydroxylation sites is 1. The maximum absolute atomic E-state index is 12.1. The lowest BCUT2D eigenvalue weighted by atomic mass is 10.1. The number of carbonyl (C=O) groups is 1. The second kappa shape index (κ2) is 8.36. The first kappa shape index (κ1) is 19.3. The predicted molar refractivity (Wildman–Crippen MR) is 103 cm³/mol. The van der Waals surface area contributed by atoms with Gasteiger partial charge in [-0.25, -0.2) is 8.42 Å². The summed E-state index contributed by atoms with van der Waals surface area (Å²) in [5.41, 5.74) is 2.23. The highest BCUT2D eigenvalue weighted by Crippen LogP contribution is 2.27. The van der Waals surface area contributed by atoms with Crippen LogP contribution in [0.3, 0.4) is 0 Å². The molecule has 2 aromatic rings. The van der Waals surface area contributed by atoms with Crippen LogP contribution in [0.2, 0.25) is 5.02 Å². The van der Waals surface area contributed by atoms with Crippen LogP contribution in [0.1, 0.15) is 18.9 Å². The summed E-state index contributed by atoms with van der Waals surface area (Å²) >= 11 is 6.09. The zero-order chi connectivity index (χ0) is 18.4. The van der Waals surface area contributed by atoms with E-state index >= 15 is 0 Å². The van der Waals surface area contributed by atoms with E-state index in [1.807, 2.05) is 24.3 Å². The Bertz CT molecular complexity index is 836. The van der Waals surface area contributed by atoms with Gasteiger partial charge in [0.1, 0.15) is 0 Å². The monoisotopic (exact) mass is 380 g/mol. The summed E-state index contributed by atoms with van der Waals surface area (Å²) in [5, 5.41) is 3.10. The van der Waals surface area contributed by atoms with E-state index in [4.69, 9.17) is 11.6 Å². The zero-order valence-electron chi connectivity index (χ0n) is 14.2. The Morgan fingerprint density at radius 3 is 2.32 bits per heavy atom. The fourth-order valence-corrected chi connectivity index (χ4v) is 3.60. The Morgan fingerprint density at radius 2 is 1.76 bits per heavy atom. The summed E-state index contributed by atoms with van der Waals surface area (Å²) in [6.45, 7) is 2.07. The van der Waals surface area contributed by atoms with Crippen LogP contribution < -0.4 is 9.62 Å². The number of hydrogen-bond donors (Lipinski definition) is 1. The number of anilines is 2. The van der Waals surface area contributed by atoms with Gasteiger partial charge in [-0.1, -0.05) is 42.8 Å². The van der Waals surface area contributed by atoms with Crippen molar-refractivity contribution in [2.75, 3.05) is 22.4 Å². The van der Waals surface area contributed by atoms with Crippen molar-refractivity contribution in [3.8, 4) is 0 Å². The lowest BCUT2D eigenvalue weighted by Crippen LogP contribution is -2.33. The van der Waals surface area contributed by atoms with Crippen molar-refractivity contribution >= 4 is 38.9 Å². The van der Waals surface area contributed by atoms with Gasteiger partial charge in [-0.2, -0.15) is 0 Å². The normalized spacial score (nSPS) is 11.2. The van der Waals surface area contributed by atoms with Gasteiger partial charge in [-0.3, -0.25) is 9.10 Å². The third kappa shape index (κ3) is 5.47. The maximum atomic E-state index is 12.1. The molecule has 0 heterocycles. The van der Waals surface area contributed by atoms with Crippen molar-refractivity contribution in [2.45, 2.75) is 19.8 Å². The molecule has 2 aromatic carbocycles. The van der Waals surface area contributed by atoms with Gasteiger partial charge in [-0.05, 0) is 36.2 Å². The average molecular weight is 381 g/mol. The molecule has 0 bridgehead atoms. The molecule has 0 atom stereocenters. The number of amides is 1. The molecule has 1 amide bonds. The first-order valence-electron chi connectivity index (χ1n) is 7.92. The van der Waals surface area contributed by atoms with E-state index < -0.39 is 10.0 Å². The number of carbonyl (C=O) groups excluding carboxylic acids is 1. The van der Waals surface area contributed by atoms with E-state index in [1.165, 1.54) is 5.56 Å². The molecule has 0 radical (unpaired) electrons. The second-order valence-corrected chi connectivity index (χ2v) is 7.95. The molecule has 134 valence electrons. The number of nitrogens with one attached hydrogen (secondary N) is 1. The minimum atomic E-state index is -3.55. The van der Waals surface area contributed by atoms with Gasteiger partial charge >= 0.3 is 0 Å². The first-order valence-corrected chi connectivity index (χ1v) is 10.1. The van der Waals surface area contributed by atoms with Crippen molar-refractivity contribution in [2.24, 2.45) is 0 Å². The van der Waals surface area contributed by atoms with Gasteiger partial charge in [0, 0.05) is 18.7 Å². The van der Waals surface area contributed by atoms with Crippen molar-refractivity contribution < 1.29 is 13.2 Å². The molecular formula is C18H21ClN2O3S. The van der Waals surface area contributed by atoms with Crippen molar-refractivity contribution in [3.05, 3.63) is 59.1 Å². The highest BCUT2D eigenvalue weighted by Gasteiger charge is 2.20. The third-order valence-corrected chi connectivity index (χ3v) is 5.21. The van der Waals surface area contributed by atoms with E-state index in [1.54, 1.807) is 24.3 Å². The molecule has 0 spiro atoms. The van der Waals surface area contributed by atoms with Gasteiger partial charge < -0.3 is 5.32 Å². The van der Waals surface area contributed by atoms with E-state index in [2.05, 4.69) is 12.2 Å². The molecule has 0 fully saturated rings. The fourth-order valence-electron chi connectivity index (χ4n) is 2.37. The molecule has 1 N–H and O–H groups in total. The van der Waals surface area contributed by atoms with Gasteiger partial charge in [0.2, 0.25) is 15.9 Å². The number of nitrogens with zero attached hydrogens (tertiary/aromatic N) is 1. The molecular weight excluding hydrogens is 360 g/mol. The number of halogens is 1. The summed E-state index contributed by atoms with van der Waals surface area (Å²) in [6, 6.07) is 14.2. The van der Waals surface area contributed by atoms with Crippen LogP contribution in [0.15, 0.2) is 48.5 Å². The Kier molecular flexibility index (Phi) is 6.45. The Hall–Kier alpha value is -2.05. The molecule has 2 rings (SSSR count). The molecule has 5 nitrogen and oxygen atoms in total. The first-order chi connectivity index (χ1) is 11.8. The number of rotatable bonds is 7. The van der Waals surface area contributed by atoms with Crippen LogP contribution in [0.4, 0.5) is 11.4 Å². The number of aryl methyl sites for hydroxylation is 1. The van der Waals surface area contributed by atoms with E-state index in [0.29, 0.717) is 16.4 Å². The van der Waals surface area contributed by atoms with Crippen molar-refractivity contribution in [1.29, 1.82) is 0 Å². The average Bonchev–Trinajstić information content (AvgIpc) is 2.56. The van der Waals surface area contributed by atoms with Crippen LogP contribution in [0, 0.1) is 0 Å². The van der Waals surface area contributed by atoms with Gasteiger partial charge in [-0.15, -0.1) is 0 Å². The highest BCUT2D eigenvalue weighted by atomic mass is 35.5. The lowest BCUT2D eigenvalue weighted by molar-refractivity contribution is -0.116. The number of benzene rings is 2. The van der Waals surface area contributed by atoms with E-state index in [9.17, 15) is 13.2 Å². The number of sulfonamides is 1. The molecule has 0 aromatic heterocycles. The molecule has 0 aliphatic carbocycles. The largest absolute Gasteiger partial charge is 0.326 e. The van der Waals surface area contributed by atoms with Gasteiger partial charge in [0.25, 0.3) is 0 Å². The minimum absolute atomic E-state index is 0.0153. The smallest absolute Gasteiger partial charge is 0.232 e. The van der Waals surface area contributed by atoms with Gasteiger partial charge in [0.05, 0.1) is 17.0 Å². The molecule has 0 unspecified atom stereocenters. The van der Waals surface area contributed by atoms with E-state index in [-0.39, 0.29) is 18.9 Å². The van der Waals surface area contributed by atoms with Crippen molar-refractivity contribution in [3.63, 3.8) is 0 Å². The molecule has 0 saturated heterocycles. The fraction of sp³-hybridized carbons (Fsp3) is 0.278. The summed E-state index contributed by atoms with van der Waals surface area (Å²) in [7, 11) is -3.55. The summed E-state index contributed by atoms with van der Waals surface area (Å²) < 4.78 is 25.3. The molecule has 0 aliphatic heterocycles. The topological polar surface area (TPSA) is 66.5 Å². The maximum Gasteiger partial charge on any atom is 0.232 e. The van der Waals surface area contributed by atoms with Crippen LogP contribution in [-0.4, -0.2) is 27.1 Å². The quantitative estimate of drug-likeness (QED) is 0.796. The van der Waals surface area contributed by atoms with E-state index in [0.717, 1.165) is 17.0 Å². The Labute approximate surface area is 153 Å². The Balaban J connectivity index is 2.05.